The van der Waals surface area contributed by atoms with Crippen LogP contribution in [0.15, 0.2) is 61.1 Å². The van der Waals surface area contributed by atoms with Gasteiger partial charge in [-0.05, 0) is 79.4 Å². The van der Waals surface area contributed by atoms with Crippen LogP contribution in [0, 0.1) is 5.82 Å². The molecule has 5 heteroatoms. The molecule has 140 valence electrons. The highest BCUT2D eigenvalue weighted by molar-refractivity contribution is 6.03. The first-order chi connectivity index (χ1) is 13.8. The molecule has 5 rings (SSSR count). The third-order valence-corrected chi connectivity index (χ3v) is 5.60. The molecule has 1 saturated heterocycles. The van der Waals surface area contributed by atoms with Crippen molar-refractivity contribution in [1.82, 2.24) is 20.3 Å². The zero-order valence-corrected chi connectivity index (χ0v) is 15.5. The van der Waals surface area contributed by atoms with Gasteiger partial charge >= 0.3 is 0 Å². The van der Waals surface area contributed by atoms with Gasteiger partial charge in [-0.1, -0.05) is 12.1 Å². The Kier molecular flexibility index (Phi) is 4.37. The number of hydrogen-bond acceptors (Lipinski definition) is 3. The minimum Gasteiger partial charge on any atom is -0.354 e. The summed E-state index contributed by atoms with van der Waals surface area (Å²) in [5.41, 5.74) is 6.24. The van der Waals surface area contributed by atoms with Gasteiger partial charge in [0.25, 0.3) is 0 Å². The van der Waals surface area contributed by atoms with Crippen molar-refractivity contribution >= 4 is 10.9 Å². The van der Waals surface area contributed by atoms with Crippen LogP contribution in [0.1, 0.15) is 24.3 Å². The van der Waals surface area contributed by atoms with E-state index in [0.29, 0.717) is 5.92 Å². The molecule has 1 aliphatic heterocycles. The molecule has 2 aromatic carbocycles. The molecule has 4 aromatic rings. The van der Waals surface area contributed by atoms with Gasteiger partial charge in [-0.2, -0.15) is 0 Å². The van der Waals surface area contributed by atoms with Gasteiger partial charge in [0.15, 0.2) is 0 Å². The Balaban J connectivity index is 1.69. The number of halogens is 1. The Bertz CT molecular complexity index is 1100. The van der Waals surface area contributed by atoms with Gasteiger partial charge in [-0.25, -0.2) is 14.4 Å². The SMILES string of the molecule is Fc1ccc(-c2[nH]c3cc(C4CCNCC4)ccc3c2-c2ccncn2)cc1. The molecule has 0 atom stereocenters. The lowest BCUT2D eigenvalue weighted by Gasteiger charge is -2.23. The Morgan fingerprint density at radius 2 is 1.79 bits per heavy atom. The van der Waals surface area contributed by atoms with Gasteiger partial charge in [0.2, 0.25) is 0 Å². The van der Waals surface area contributed by atoms with Gasteiger partial charge in [-0.15, -0.1) is 0 Å². The average molecular weight is 372 g/mol. The maximum atomic E-state index is 13.5. The van der Waals surface area contributed by atoms with Gasteiger partial charge < -0.3 is 10.3 Å². The first kappa shape index (κ1) is 17.1. The second-order valence-electron chi connectivity index (χ2n) is 7.31. The number of fused-ring (bicyclic) bond motifs is 1. The third-order valence-electron chi connectivity index (χ3n) is 5.60. The molecule has 3 heterocycles. The number of nitrogens with zero attached hydrogens (tertiary/aromatic N) is 2. The fraction of sp³-hybridized carbons (Fsp3) is 0.217. The summed E-state index contributed by atoms with van der Waals surface area (Å²) in [4.78, 5) is 12.1. The van der Waals surface area contributed by atoms with E-state index < -0.39 is 0 Å². The quantitative estimate of drug-likeness (QED) is 0.538. The van der Waals surface area contributed by atoms with E-state index in [2.05, 4.69) is 38.5 Å². The Morgan fingerprint density at radius 3 is 2.54 bits per heavy atom. The number of hydrogen-bond donors (Lipinski definition) is 2. The van der Waals surface area contributed by atoms with Crippen LogP contribution in [-0.4, -0.2) is 28.0 Å². The molecule has 2 N–H and O–H groups in total. The molecule has 0 radical (unpaired) electrons. The number of H-pyrrole nitrogens is 1. The first-order valence-electron chi connectivity index (χ1n) is 9.68. The number of benzene rings is 2. The monoisotopic (exact) mass is 372 g/mol. The summed E-state index contributed by atoms with van der Waals surface area (Å²) in [6.07, 6.45) is 5.64. The van der Waals surface area contributed by atoms with E-state index in [1.807, 2.05) is 6.07 Å². The molecular formula is C23H21FN4. The molecule has 28 heavy (non-hydrogen) atoms. The summed E-state index contributed by atoms with van der Waals surface area (Å²) in [6, 6.07) is 15.2. The van der Waals surface area contributed by atoms with Crippen LogP contribution < -0.4 is 5.32 Å². The maximum Gasteiger partial charge on any atom is 0.123 e. The van der Waals surface area contributed by atoms with Crippen molar-refractivity contribution in [3.63, 3.8) is 0 Å². The van der Waals surface area contributed by atoms with E-state index in [-0.39, 0.29) is 5.82 Å². The number of aromatic amines is 1. The van der Waals surface area contributed by atoms with E-state index in [1.54, 1.807) is 24.7 Å². The number of piperidine rings is 1. The number of rotatable bonds is 3. The molecule has 0 bridgehead atoms. The van der Waals surface area contributed by atoms with Crippen molar-refractivity contribution in [2.45, 2.75) is 18.8 Å². The number of nitrogens with one attached hydrogen (secondary N) is 2. The summed E-state index contributed by atoms with van der Waals surface area (Å²) in [7, 11) is 0. The molecule has 4 nitrogen and oxygen atoms in total. The van der Waals surface area contributed by atoms with Crippen LogP contribution >= 0.6 is 0 Å². The fourth-order valence-corrected chi connectivity index (χ4v) is 4.16. The summed E-state index contributed by atoms with van der Waals surface area (Å²) in [5.74, 6) is 0.349. The zero-order valence-electron chi connectivity index (χ0n) is 15.5. The van der Waals surface area contributed by atoms with Crippen LogP contribution in [-0.2, 0) is 0 Å². The lowest BCUT2D eigenvalue weighted by Crippen LogP contribution is -2.26. The van der Waals surface area contributed by atoms with Crippen LogP contribution in [0.3, 0.4) is 0 Å². The predicted molar refractivity (Wildman–Crippen MR) is 110 cm³/mol. The summed E-state index contributed by atoms with van der Waals surface area (Å²) in [5, 5.41) is 4.55. The van der Waals surface area contributed by atoms with Crippen LogP contribution in [0.25, 0.3) is 33.4 Å². The fourth-order valence-electron chi connectivity index (χ4n) is 4.16. The Morgan fingerprint density at radius 1 is 0.964 bits per heavy atom. The molecule has 1 fully saturated rings. The van der Waals surface area contributed by atoms with Gasteiger partial charge in [0.1, 0.15) is 12.1 Å². The molecule has 0 aliphatic carbocycles. The highest BCUT2D eigenvalue weighted by atomic mass is 19.1. The third kappa shape index (κ3) is 3.08. The van der Waals surface area contributed by atoms with Crippen molar-refractivity contribution in [2.24, 2.45) is 0 Å². The van der Waals surface area contributed by atoms with Crippen molar-refractivity contribution in [3.05, 3.63) is 72.4 Å². The maximum absolute atomic E-state index is 13.5. The molecule has 0 unspecified atom stereocenters. The standard InChI is InChI=1S/C23H21FN4/c24-18-4-1-16(2-5-18)23-22(20-9-12-26-14-27-20)19-6-3-17(13-21(19)28-23)15-7-10-25-11-8-15/h1-6,9,12-15,25,28H,7-8,10-11H2. The van der Waals surface area contributed by atoms with Gasteiger partial charge in [-0.3, -0.25) is 0 Å². The first-order valence-corrected chi connectivity index (χ1v) is 9.68. The largest absolute Gasteiger partial charge is 0.354 e. The molecule has 0 spiro atoms. The smallest absolute Gasteiger partial charge is 0.123 e. The van der Waals surface area contributed by atoms with E-state index in [0.717, 1.165) is 59.3 Å². The molecule has 0 amide bonds. The summed E-state index contributed by atoms with van der Waals surface area (Å²) < 4.78 is 13.5. The second-order valence-corrected chi connectivity index (χ2v) is 7.31. The van der Waals surface area contributed by atoms with E-state index in [9.17, 15) is 4.39 Å². The van der Waals surface area contributed by atoms with Crippen molar-refractivity contribution in [3.8, 4) is 22.5 Å². The average Bonchev–Trinajstić information content (AvgIpc) is 3.14. The lowest BCUT2D eigenvalue weighted by atomic mass is 9.89. The van der Waals surface area contributed by atoms with E-state index in [1.165, 1.54) is 17.7 Å². The molecular weight excluding hydrogens is 351 g/mol. The van der Waals surface area contributed by atoms with Gasteiger partial charge in [0.05, 0.1) is 11.4 Å². The van der Waals surface area contributed by atoms with Crippen molar-refractivity contribution in [1.29, 1.82) is 0 Å². The second kappa shape index (κ2) is 7.17. The van der Waals surface area contributed by atoms with Crippen molar-refractivity contribution < 1.29 is 4.39 Å². The summed E-state index contributed by atoms with van der Waals surface area (Å²) >= 11 is 0. The normalized spacial score (nSPS) is 15.2. The number of aromatic nitrogens is 3. The van der Waals surface area contributed by atoms with E-state index in [4.69, 9.17) is 0 Å². The molecule has 2 aromatic heterocycles. The topological polar surface area (TPSA) is 53.6 Å². The van der Waals surface area contributed by atoms with Crippen LogP contribution in [0.2, 0.25) is 0 Å². The minimum absolute atomic E-state index is 0.239. The minimum atomic E-state index is -0.239. The summed E-state index contributed by atoms with van der Waals surface area (Å²) in [6.45, 7) is 2.14. The van der Waals surface area contributed by atoms with Crippen molar-refractivity contribution in [2.75, 3.05) is 13.1 Å². The Hall–Kier alpha value is -3.05. The molecule has 1 aliphatic rings. The van der Waals surface area contributed by atoms with Gasteiger partial charge in [0, 0.05) is 22.7 Å². The molecule has 0 saturated carbocycles. The van der Waals surface area contributed by atoms with E-state index >= 15 is 0 Å². The zero-order chi connectivity index (χ0) is 18.9. The van der Waals surface area contributed by atoms with Crippen LogP contribution in [0.5, 0.6) is 0 Å². The highest BCUT2D eigenvalue weighted by Gasteiger charge is 2.19. The predicted octanol–water partition coefficient (Wildman–Crippen LogP) is 4.90. The Labute approximate surface area is 162 Å². The lowest BCUT2D eigenvalue weighted by molar-refractivity contribution is 0.460. The highest BCUT2D eigenvalue weighted by Crippen LogP contribution is 2.39. The van der Waals surface area contributed by atoms with Crippen LogP contribution in [0.4, 0.5) is 4.39 Å².